The monoisotopic (exact) mass is 224 g/mol. The van der Waals surface area contributed by atoms with Crippen molar-refractivity contribution in [3.8, 4) is 0 Å². The molecule has 0 aromatic carbocycles. The van der Waals surface area contributed by atoms with Gasteiger partial charge in [0.05, 0.1) is 18.4 Å². The molecule has 2 rings (SSSR count). The minimum Gasteiger partial charge on any atom is -0.374 e. The Kier molecular flexibility index (Phi) is 3.93. The molecule has 0 bridgehead atoms. The molecular weight excluding hydrogens is 204 g/mol. The number of hydrogen-bond acceptors (Lipinski definition) is 4. The maximum Gasteiger partial charge on any atom is 0.0826 e. The van der Waals surface area contributed by atoms with Crippen LogP contribution in [0.4, 0.5) is 0 Å². The minimum atomic E-state index is 0.308. The van der Waals surface area contributed by atoms with Crippen LogP contribution in [0.3, 0.4) is 0 Å². The van der Waals surface area contributed by atoms with Crippen LogP contribution in [0.1, 0.15) is 5.69 Å². The molecule has 0 spiro atoms. The summed E-state index contributed by atoms with van der Waals surface area (Å²) in [5.41, 5.74) is 1.11. The fourth-order valence-corrected chi connectivity index (χ4v) is 1.97. The summed E-state index contributed by atoms with van der Waals surface area (Å²) in [6.07, 6.45) is 2.28. The standard InChI is InChI=1S/C11H20N4O/c1-14(8-10-3-5-15(2)13-10)9-11-7-12-4-6-16-11/h3,5,11-12H,4,6-9H2,1-2H3. The largest absolute Gasteiger partial charge is 0.374 e. The Hall–Kier alpha value is -0.910. The van der Waals surface area contributed by atoms with Crippen LogP contribution >= 0.6 is 0 Å². The Balaban J connectivity index is 1.77. The van der Waals surface area contributed by atoms with Crippen molar-refractivity contribution in [1.29, 1.82) is 0 Å². The van der Waals surface area contributed by atoms with Crippen LogP contribution in [0.25, 0.3) is 0 Å². The Bertz CT molecular complexity index is 320. The molecule has 1 fully saturated rings. The van der Waals surface area contributed by atoms with E-state index in [0.29, 0.717) is 6.10 Å². The van der Waals surface area contributed by atoms with Gasteiger partial charge in [0.2, 0.25) is 0 Å². The van der Waals surface area contributed by atoms with Crippen molar-refractivity contribution >= 4 is 0 Å². The van der Waals surface area contributed by atoms with Gasteiger partial charge in [0, 0.05) is 39.4 Å². The highest BCUT2D eigenvalue weighted by molar-refractivity contribution is 4.98. The van der Waals surface area contributed by atoms with Crippen molar-refractivity contribution in [2.24, 2.45) is 7.05 Å². The molecule has 0 radical (unpaired) electrons. The molecule has 1 aliphatic rings. The second-order valence-corrected chi connectivity index (χ2v) is 4.37. The second-order valence-electron chi connectivity index (χ2n) is 4.37. The molecule has 16 heavy (non-hydrogen) atoms. The predicted octanol–water partition coefficient (Wildman–Crippen LogP) is -0.160. The highest BCUT2D eigenvalue weighted by Crippen LogP contribution is 2.03. The lowest BCUT2D eigenvalue weighted by Crippen LogP contribution is -2.44. The number of rotatable bonds is 4. The smallest absolute Gasteiger partial charge is 0.0826 e. The van der Waals surface area contributed by atoms with E-state index in [1.165, 1.54) is 0 Å². The lowest BCUT2D eigenvalue weighted by molar-refractivity contribution is 0.00866. The van der Waals surface area contributed by atoms with Gasteiger partial charge in [-0.15, -0.1) is 0 Å². The van der Waals surface area contributed by atoms with Gasteiger partial charge in [-0.3, -0.25) is 9.58 Å². The quantitative estimate of drug-likeness (QED) is 0.772. The number of hydrogen-bond donors (Lipinski definition) is 1. The average Bonchev–Trinajstić information content (AvgIpc) is 2.65. The number of likely N-dealkylation sites (N-methyl/N-ethyl adjacent to an activating group) is 1. The van der Waals surface area contributed by atoms with Gasteiger partial charge >= 0.3 is 0 Å². The number of aromatic nitrogens is 2. The van der Waals surface area contributed by atoms with E-state index in [9.17, 15) is 0 Å². The predicted molar refractivity (Wildman–Crippen MR) is 62.2 cm³/mol. The van der Waals surface area contributed by atoms with Crippen LogP contribution < -0.4 is 5.32 Å². The minimum absolute atomic E-state index is 0.308. The molecule has 0 saturated carbocycles. The van der Waals surface area contributed by atoms with E-state index in [4.69, 9.17) is 4.74 Å². The van der Waals surface area contributed by atoms with Crippen LogP contribution in [0, 0.1) is 0 Å². The van der Waals surface area contributed by atoms with Crippen LogP contribution in [-0.4, -0.2) is 54.1 Å². The molecule has 2 heterocycles. The molecule has 0 aliphatic carbocycles. The van der Waals surface area contributed by atoms with Crippen LogP contribution in [0.2, 0.25) is 0 Å². The fourth-order valence-electron chi connectivity index (χ4n) is 1.97. The number of ether oxygens (including phenoxy) is 1. The lowest BCUT2D eigenvalue weighted by Gasteiger charge is -2.27. The third-order valence-electron chi connectivity index (χ3n) is 2.72. The number of aryl methyl sites for hydroxylation is 1. The first-order valence-corrected chi connectivity index (χ1v) is 5.73. The SMILES string of the molecule is CN(Cc1ccn(C)n1)CC1CNCCO1. The number of nitrogens with zero attached hydrogens (tertiary/aromatic N) is 3. The van der Waals surface area contributed by atoms with Crippen LogP contribution in [0.5, 0.6) is 0 Å². The zero-order valence-electron chi connectivity index (χ0n) is 10.0. The van der Waals surface area contributed by atoms with E-state index in [-0.39, 0.29) is 0 Å². The zero-order valence-corrected chi connectivity index (χ0v) is 10.0. The highest BCUT2D eigenvalue weighted by Gasteiger charge is 2.15. The topological polar surface area (TPSA) is 42.3 Å². The first kappa shape index (κ1) is 11.6. The van der Waals surface area contributed by atoms with Gasteiger partial charge in [0.25, 0.3) is 0 Å². The molecule has 1 atom stereocenters. The van der Waals surface area contributed by atoms with E-state index in [1.807, 2.05) is 17.9 Å². The Morgan fingerprint density at radius 1 is 1.69 bits per heavy atom. The summed E-state index contributed by atoms with van der Waals surface area (Å²) < 4.78 is 7.50. The Morgan fingerprint density at radius 2 is 2.56 bits per heavy atom. The van der Waals surface area contributed by atoms with Crippen molar-refractivity contribution in [1.82, 2.24) is 20.0 Å². The maximum absolute atomic E-state index is 5.66. The van der Waals surface area contributed by atoms with E-state index < -0.39 is 0 Å². The summed E-state index contributed by atoms with van der Waals surface area (Å²) in [6.45, 7) is 4.57. The molecule has 1 unspecified atom stereocenters. The van der Waals surface area contributed by atoms with Crippen molar-refractivity contribution in [2.75, 3.05) is 33.3 Å². The lowest BCUT2D eigenvalue weighted by atomic mass is 10.3. The van der Waals surface area contributed by atoms with E-state index >= 15 is 0 Å². The Labute approximate surface area is 96.4 Å². The van der Waals surface area contributed by atoms with Gasteiger partial charge in [-0.25, -0.2) is 0 Å². The molecule has 5 heteroatoms. The van der Waals surface area contributed by atoms with E-state index in [0.717, 1.165) is 38.5 Å². The number of morpholine rings is 1. The molecule has 5 nitrogen and oxygen atoms in total. The highest BCUT2D eigenvalue weighted by atomic mass is 16.5. The molecule has 0 amide bonds. The molecule has 1 aromatic rings. The summed E-state index contributed by atoms with van der Waals surface area (Å²) in [4.78, 5) is 2.25. The van der Waals surface area contributed by atoms with Gasteiger partial charge in [0.15, 0.2) is 0 Å². The first-order valence-electron chi connectivity index (χ1n) is 5.73. The molecular formula is C11H20N4O. The zero-order chi connectivity index (χ0) is 11.4. The van der Waals surface area contributed by atoms with Crippen molar-refractivity contribution in [2.45, 2.75) is 12.6 Å². The van der Waals surface area contributed by atoms with Gasteiger partial charge in [-0.05, 0) is 13.1 Å². The molecule has 1 aliphatic heterocycles. The van der Waals surface area contributed by atoms with Gasteiger partial charge in [-0.2, -0.15) is 5.10 Å². The summed E-state index contributed by atoms with van der Waals surface area (Å²) in [6, 6.07) is 2.05. The molecule has 1 N–H and O–H groups in total. The second kappa shape index (κ2) is 5.43. The van der Waals surface area contributed by atoms with Gasteiger partial charge in [0.1, 0.15) is 0 Å². The van der Waals surface area contributed by atoms with Crippen LogP contribution in [0.15, 0.2) is 12.3 Å². The third-order valence-corrected chi connectivity index (χ3v) is 2.72. The molecule has 90 valence electrons. The van der Waals surface area contributed by atoms with Crippen molar-refractivity contribution in [3.05, 3.63) is 18.0 Å². The number of nitrogens with one attached hydrogen (secondary N) is 1. The molecule has 1 saturated heterocycles. The summed E-state index contributed by atoms with van der Waals surface area (Å²) in [5, 5.41) is 7.70. The van der Waals surface area contributed by atoms with Crippen molar-refractivity contribution < 1.29 is 4.74 Å². The summed E-state index contributed by atoms with van der Waals surface area (Å²) in [7, 11) is 4.05. The van der Waals surface area contributed by atoms with Crippen molar-refractivity contribution in [3.63, 3.8) is 0 Å². The van der Waals surface area contributed by atoms with E-state index in [1.54, 1.807) is 0 Å². The van der Waals surface area contributed by atoms with Crippen LogP contribution in [-0.2, 0) is 18.3 Å². The fraction of sp³-hybridized carbons (Fsp3) is 0.727. The third kappa shape index (κ3) is 3.30. The Morgan fingerprint density at radius 3 is 3.19 bits per heavy atom. The normalized spacial score (nSPS) is 21.6. The van der Waals surface area contributed by atoms with Gasteiger partial charge < -0.3 is 10.1 Å². The van der Waals surface area contributed by atoms with E-state index in [2.05, 4.69) is 28.4 Å². The first-order chi connectivity index (χ1) is 7.74. The summed E-state index contributed by atoms with van der Waals surface area (Å²) in [5.74, 6) is 0. The molecule has 1 aromatic heterocycles. The summed E-state index contributed by atoms with van der Waals surface area (Å²) >= 11 is 0. The average molecular weight is 224 g/mol. The maximum atomic E-state index is 5.66. The van der Waals surface area contributed by atoms with Gasteiger partial charge in [-0.1, -0.05) is 0 Å².